The summed E-state index contributed by atoms with van der Waals surface area (Å²) in [5, 5.41) is 8.96. The second-order valence-corrected chi connectivity index (χ2v) is 3.42. The van der Waals surface area contributed by atoms with Crippen LogP contribution < -0.4 is 0 Å². The number of aliphatic hydroxyl groups is 1. The van der Waals surface area contributed by atoms with Gasteiger partial charge >= 0.3 is 0 Å². The molecule has 0 bridgehead atoms. The molecule has 10 heavy (non-hydrogen) atoms. The Hall–Kier alpha value is -0.0400. The van der Waals surface area contributed by atoms with Crippen LogP contribution in [0.4, 0.5) is 0 Å². The molecule has 1 nitrogen and oxygen atoms in total. The number of rotatable bonds is 3. The third kappa shape index (κ3) is 1.72. The Morgan fingerprint density at radius 3 is 2.60 bits per heavy atom. The van der Waals surface area contributed by atoms with Crippen molar-refractivity contribution in [3.63, 3.8) is 0 Å². The van der Waals surface area contributed by atoms with Crippen LogP contribution in [0.3, 0.4) is 0 Å². The van der Waals surface area contributed by atoms with Crippen LogP contribution in [0.1, 0.15) is 39.0 Å². The number of hydrogen-bond acceptors (Lipinski definition) is 1. The fourth-order valence-corrected chi connectivity index (χ4v) is 2.10. The van der Waals surface area contributed by atoms with E-state index in [0.717, 1.165) is 5.92 Å². The van der Waals surface area contributed by atoms with Gasteiger partial charge in [0, 0.05) is 6.61 Å². The molecule has 1 heteroatoms. The van der Waals surface area contributed by atoms with E-state index in [1.807, 2.05) is 0 Å². The SMILES string of the molecule is CCCC1CCCC1CO. The van der Waals surface area contributed by atoms with Crippen LogP contribution in [0.15, 0.2) is 0 Å². The van der Waals surface area contributed by atoms with Crippen molar-refractivity contribution in [2.24, 2.45) is 11.8 Å². The molecule has 0 saturated heterocycles. The minimum Gasteiger partial charge on any atom is -0.396 e. The summed E-state index contributed by atoms with van der Waals surface area (Å²) >= 11 is 0. The molecule has 0 radical (unpaired) electrons. The van der Waals surface area contributed by atoms with Crippen molar-refractivity contribution in [3.05, 3.63) is 0 Å². The maximum absolute atomic E-state index is 8.96. The zero-order valence-electron chi connectivity index (χ0n) is 6.84. The van der Waals surface area contributed by atoms with E-state index >= 15 is 0 Å². The first-order valence-corrected chi connectivity index (χ1v) is 4.49. The Labute approximate surface area is 63.4 Å². The molecule has 0 aromatic heterocycles. The van der Waals surface area contributed by atoms with Gasteiger partial charge in [0.1, 0.15) is 0 Å². The third-order valence-corrected chi connectivity index (χ3v) is 2.71. The number of hydrogen-bond donors (Lipinski definition) is 1. The van der Waals surface area contributed by atoms with Crippen molar-refractivity contribution < 1.29 is 5.11 Å². The highest BCUT2D eigenvalue weighted by Gasteiger charge is 2.25. The first-order valence-electron chi connectivity index (χ1n) is 4.49. The maximum atomic E-state index is 8.96. The molecule has 0 aromatic rings. The van der Waals surface area contributed by atoms with Crippen molar-refractivity contribution in [2.45, 2.75) is 39.0 Å². The van der Waals surface area contributed by atoms with Gasteiger partial charge in [-0.05, 0) is 18.3 Å². The Morgan fingerprint density at radius 1 is 1.30 bits per heavy atom. The monoisotopic (exact) mass is 142 g/mol. The molecule has 1 N–H and O–H groups in total. The van der Waals surface area contributed by atoms with Gasteiger partial charge in [-0.15, -0.1) is 0 Å². The molecule has 2 unspecified atom stereocenters. The van der Waals surface area contributed by atoms with Gasteiger partial charge in [-0.2, -0.15) is 0 Å². The second kappa shape index (κ2) is 3.97. The molecule has 0 aromatic carbocycles. The van der Waals surface area contributed by atoms with Gasteiger partial charge in [0.25, 0.3) is 0 Å². The van der Waals surface area contributed by atoms with Gasteiger partial charge in [0.2, 0.25) is 0 Å². The van der Waals surface area contributed by atoms with Crippen LogP contribution in [-0.4, -0.2) is 11.7 Å². The average Bonchev–Trinajstić information content (AvgIpc) is 2.36. The van der Waals surface area contributed by atoms with Crippen molar-refractivity contribution in [1.29, 1.82) is 0 Å². The molecular formula is C9H18O. The van der Waals surface area contributed by atoms with E-state index in [4.69, 9.17) is 5.11 Å². The van der Waals surface area contributed by atoms with Crippen molar-refractivity contribution >= 4 is 0 Å². The van der Waals surface area contributed by atoms with E-state index in [9.17, 15) is 0 Å². The van der Waals surface area contributed by atoms with Crippen LogP contribution in [0, 0.1) is 11.8 Å². The van der Waals surface area contributed by atoms with E-state index in [0.29, 0.717) is 12.5 Å². The van der Waals surface area contributed by atoms with Crippen LogP contribution >= 0.6 is 0 Å². The Balaban J connectivity index is 2.27. The molecule has 60 valence electrons. The summed E-state index contributed by atoms with van der Waals surface area (Å²) in [6, 6.07) is 0. The third-order valence-electron chi connectivity index (χ3n) is 2.71. The maximum Gasteiger partial charge on any atom is 0.0461 e. The lowest BCUT2D eigenvalue weighted by Gasteiger charge is -2.15. The summed E-state index contributed by atoms with van der Waals surface area (Å²) in [5.74, 6) is 1.48. The molecule has 0 heterocycles. The lowest BCUT2D eigenvalue weighted by molar-refractivity contribution is 0.189. The summed E-state index contributed by atoms with van der Waals surface area (Å²) in [6.45, 7) is 2.65. The van der Waals surface area contributed by atoms with E-state index in [1.165, 1.54) is 32.1 Å². The lowest BCUT2D eigenvalue weighted by Crippen LogP contribution is -2.11. The van der Waals surface area contributed by atoms with Gasteiger partial charge in [0.15, 0.2) is 0 Å². The molecule has 1 aliphatic carbocycles. The van der Waals surface area contributed by atoms with Gasteiger partial charge < -0.3 is 5.11 Å². The largest absolute Gasteiger partial charge is 0.396 e. The normalized spacial score (nSPS) is 33.0. The minimum absolute atomic E-state index is 0.421. The fraction of sp³-hybridized carbons (Fsp3) is 1.00. The van der Waals surface area contributed by atoms with Crippen LogP contribution in [0.5, 0.6) is 0 Å². The zero-order valence-corrected chi connectivity index (χ0v) is 6.84. The van der Waals surface area contributed by atoms with Gasteiger partial charge in [0.05, 0.1) is 0 Å². The summed E-state index contributed by atoms with van der Waals surface area (Å²) in [6.07, 6.45) is 6.57. The van der Waals surface area contributed by atoms with Crippen molar-refractivity contribution in [3.8, 4) is 0 Å². The van der Waals surface area contributed by atoms with Gasteiger partial charge in [-0.25, -0.2) is 0 Å². The topological polar surface area (TPSA) is 20.2 Å². The second-order valence-electron chi connectivity index (χ2n) is 3.42. The summed E-state index contributed by atoms with van der Waals surface area (Å²) in [7, 11) is 0. The zero-order chi connectivity index (χ0) is 7.40. The predicted molar refractivity (Wildman–Crippen MR) is 42.8 cm³/mol. The smallest absolute Gasteiger partial charge is 0.0461 e. The fourth-order valence-electron chi connectivity index (χ4n) is 2.10. The molecule has 1 fully saturated rings. The summed E-state index contributed by atoms with van der Waals surface area (Å²) in [5.41, 5.74) is 0. The van der Waals surface area contributed by atoms with Crippen LogP contribution in [0.2, 0.25) is 0 Å². The van der Waals surface area contributed by atoms with E-state index in [-0.39, 0.29) is 0 Å². The van der Waals surface area contributed by atoms with Gasteiger partial charge in [-0.3, -0.25) is 0 Å². The summed E-state index contributed by atoms with van der Waals surface area (Å²) < 4.78 is 0. The Bertz CT molecular complexity index is 90.7. The quantitative estimate of drug-likeness (QED) is 0.640. The molecule has 1 saturated carbocycles. The highest BCUT2D eigenvalue weighted by molar-refractivity contribution is 4.76. The van der Waals surface area contributed by atoms with E-state index < -0.39 is 0 Å². The van der Waals surface area contributed by atoms with Crippen molar-refractivity contribution in [2.75, 3.05) is 6.61 Å². The Kier molecular flexibility index (Phi) is 3.20. The van der Waals surface area contributed by atoms with Gasteiger partial charge in [-0.1, -0.05) is 32.6 Å². The average molecular weight is 142 g/mol. The molecule has 1 rings (SSSR count). The Morgan fingerprint density at radius 2 is 2.00 bits per heavy atom. The highest BCUT2D eigenvalue weighted by atomic mass is 16.3. The van der Waals surface area contributed by atoms with Crippen LogP contribution in [0.25, 0.3) is 0 Å². The molecule has 0 aliphatic heterocycles. The number of aliphatic hydroxyl groups excluding tert-OH is 1. The standard InChI is InChI=1S/C9H18O/c1-2-4-8-5-3-6-9(8)7-10/h8-10H,2-7H2,1H3. The predicted octanol–water partition coefficient (Wildman–Crippen LogP) is 2.20. The molecule has 0 spiro atoms. The highest BCUT2D eigenvalue weighted by Crippen LogP contribution is 2.34. The first-order chi connectivity index (χ1) is 4.88. The van der Waals surface area contributed by atoms with Crippen LogP contribution in [-0.2, 0) is 0 Å². The van der Waals surface area contributed by atoms with E-state index in [2.05, 4.69) is 6.92 Å². The first kappa shape index (κ1) is 8.06. The molecule has 1 aliphatic rings. The van der Waals surface area contributed by atoms with Crippen molar-refractivity contribution in [1.82, 2.24) is 0 Å². The molecule has 0 amide bonds. The lowest BCUT2D eigenvalue weighted by atomic mass is 9.93. The summed E-state index contributed by atoms with van der Waals surface area (Å²) in [4.78, 5) is 0. The molecule has 2 atom stereocenters. The molecular weight excluding hydrogens is 124 g/mol. The van der Waals surface area contributed by atoms with E-state index in [1.54, 1.807) is 0 Å². The minimum atomic E-state index is 0.421.